The maximum absolute atomic E-state index is 3.05. The Labute approximate surface area is 104 Å². The molecule has 0 spiro atoms. The average molecular weight is 272 g/mol. The fraction of sp³-hybridized carbons (Fsp3) is 0.615. The summed E-state index contributed by atoms with van der Waals surface area (Å²) >= 11 is 0. The summed E-state index contributed by atoms with van der Waals surface area (Å²) in [5.41, 5.74) is 1.46. The Hall–Kier alpha value is -0.370. The predicted molar refractivity (Wildman–Crippen MR) is 60.1 cm³/mol. The van der Waals surface area contributed by atoms with Gasteiger partial charge in [-0.3, -0.25) is 0 Å². The van der Waals surface area contributed by atoms with Crippen LogP contribution in [-0.4, -0.2) is 0 Å². The summed E-state index contributed by atoms with van der Waals surface area (Å²) < 4.78 is 0. The van der Waals surface area contributed by atoms with Crippen LogP contribution in [0.25, 0.3) is 0 Å². The van der Waals surface area contributed by atoms with Crippen LogP contribution in [0.3, 0.4) is 0 Å². The zero-order valence-electron chi connectivity index (χ0n) is 9.64. The number of halogens is 1. The molecule has 0 aliphatic rings. The summed E-state index contributed by atoms with van der Waals surface area (Å²) in [5.74, 6) is 0. The third kappa shape index (κ3) is 7.55. The standard InChI is InChI=1S/C13H21N.BrH/c1-2-3-4-5-6-7-8-13-9-11-14-12-10-13;/h9-12H,2-8H2,1H3;1H. The third-order valence-corrected chi connectivity index (χ3v) is 2.61. The van der Waals surface area contributed by atoms with Crippen LogP contribution >= 0.6 is 0 Å². The fourth-order valence-corrected chi connectivity index (χ4v) is 1.70. The first-order valence-electron chi connectivity index (χ1n) is 5.88. The zero-order valence-corrected chi connectivity index (χ0v) is 11.2. The van der Waals surface area contributed by atoms with E-state index in [1.807, 2.05) is 12.4 Å². The minimum absolute atomic E-state index is 0. The van der Waals surface area contributed by atoms with Gasteiger partial charge in [-0.25, -0.2) is 4.98 Å². The summed E-state index contributed by atoms with van der Waals surface area (Å²) in [4.78, 5) is 3.05. The Bertz CT molecular complexity index is 223. The molecule has 0 radical (unpaired) electrons. The summed E-state index contributed by atoms with van der Waals surface area (Å²) in [5, 5.41) is 0. The van der Waals surface area contributed by atoms with Crippen molar-refractivity contribution in [1.82, 2.24) is 0 Å². The van der Waals surface area contributed by atoms with Crippen LogP contribution in [-0.2, 0) is 6.42 Å². The van der Waals surface area contributed by atoms with Gasteiger partial charge in [-0.2, -0.15) is 0 Å². The number of rotatable bonds is 7. The van der Waals surface area contributed by atoms with Crippen LogP contribution < -0.4 is 22.0 Å². The zero-order chi connectivity index (χ0) is 10.1. The SMILES string of the molecule is CCCCCCCCc1cc[nH+]cc1.[Br-]. The van der Waals surface area contributed by atoms with Crippen molar-refractivity contribution in [3.8, 4) is 0 Å². The van der Waals surface area contributed by atoms with Gasteiger partial charge in [0.2, 0.25) is 0 Å². The summed E-state index contributed by atoms with van der Waals surface area (Å²) in [6, 6.07) is 4.35. The van der Waals surface area contributed by atoms with Gasteiger partial charge in [0.25, 0.3) is 0 Å². The van der Waals surface area contributed by atoms with Gasteiger partial charge in [-0.05, 0) is 18.4 Å². The number of nitrogens with one attached hydrogen (secondary N) is 1. The number of aryl methyl sites for hydroxylation is 1. The van der Waals surface area contributed by atoms with Crippen LogP contribution in [0.4, 0.5) is 0 Å². The normalized spacial score (nSPS) is 9.67. The molecule has 1 aromatic heterocycles. The molecule has 0 aromatic carbocycles. The molecule has 1 rings (SSSR count). The van der Waals surface area contributed by atoms with Gasteiger partial charge >= 0.3 is 0 Å². The molecule has 1 heterocycles. The maximum atomic E-state index is 3.05. The topological polar surface area (TPSA) is 14.1 Å². The Morgan fingerprint density at radius 1 is 0.933 bits per heavy atom. The molecule has 1 nitrogen and oxygen atoms in total. The van der Waals surface area contributed by atoms with E-state index in [-0.39, 0.29) is 17.0 Å². The molecule has 0 aliphatic carbocycles. The summed E-state index contributed by atoms with van der Waals surface area (Å²) in [7, 11) is 0. The van der Waals surface area contributed by atoms with Gasteiger partial charge in [0, 0.05) is 12.1 Å². The van der Waals surface area contributed by atoms with Crippen molar-refractivity contribution in [3.05, 3.63) is 30.1 Å². The second kappa shape index (κ2) is 10.2. The van der Waals surface area contributed by atoms with E-state index in [4.69, 9.17) is 0 Å². The molecular formula is C13H22BrN. The van der Waals surface area contributed by atoms with Gasteiger partial charge in [-0.15, -0.1) is 0 Å². The van der Waals surface area contributed by atoms with Crippen molar-refractivity contribution in [1.29, 1.82) is 0 Å². The molecule has 1 aromatic rings. The number of hydrogen-bond acceptors (Lipinski definition) is 0. The molecule has 86 valence electrons. The molecule has 15 heavy (non-hydrogen) atoms. The maximum Gasteiger partial charge on any atom is 0.167 e. The van der Waals surface area contributed by atoms with E-state index in [9.17, 15) is 0 Å². The van der Waals surface area contributed by atoms with Crippen LogP contribution in [0.1, 0.15) is 51.0 Å². The smallest absolute Gasteiger partial charge is 0.167 e. The highest BCUT2D eigenvalue weighted by Crippen LogP contribution is 2.08. The quantitative estimate of drug-likeness (QED) is 0.638. The number of H-pyrrole nitrogens is 1. The molecule has 2 heteroatoms. The van der Waals surface area contributed by atoms with Gasteiger partial charge in [0.05, 0.1) is 0 Å². The Balaban J connectivity index is 0.00000196. The minimum atomic E-state index is 0. The van der Waals surface area contributed by atoms with Crippen molar-refractivity contribution >= 4 is 0 Å². The highest BCUT2D eigenvalue weighted by molar-refractivity contribution is 5.06. The van der Waals surface area contributed by atoms with Crippen LogP contribution in [0.2, 0.25) is 0 Å². The summed E-state index contributed by atoms with van der Waals surface area (Å²) in [6.45, 7) is 2.26. The first-order valence-corrected chi connectivity index (χ1v) is 5.88. The number of aromatic nitrogens is 1. The monoisotopic (exact) mass is 271 g/mol. The molecule has 0 bridgehead atoms. The number of aromatic amines is 1. The van der Waals surface area contributed by atoms with Crippen LogP contribution in [0.15, 0.2) is 24.5 Å². The lowest BCUT2D eigenvalue weighted by atomic mass is 10.1. The Kier molecular flexibility index (Phi) is 9.91. The molecule has 0 saturated heterocycles. The number of hydrogen-bond donors (Lipinski definition) is 0. The second-order valence-electron chi connectivity index (χ2n) is 3.93. The van der Waals surface area contributed by atoms with Crippen molar-refractivity contribution in [2.75, 3.05) is 0 Å². The first-order chi connectivity index (χ1) is 6.93. The Morgan fingerprint density at radius 2 is 1.53 bits per heavy atom. The minimum Gasteiger partial charge on any atom is -1.00 e. The largest absolute Gasteiger partial charge is 1.00 e. The third-order valence-electron chi connectivity index (χ3n) is 2.61. The lowest BCUT2D eigenvalue weighted by molar-refractivity contribution is -0.378. The molecular weight excluding hydrogens is 250 g/mol. The van der Waals surface area contributed by atoms with Crippen molar-refractivity contribution in [2.24, 2.45) is 0 Å². The fourth-order valence-electron chi connectivity index (χ4n) is 1.70. The molecule has 0 fully saturated rings. The van der Waals surface area contributed by atoms with E-state index in [1.54, 1.807) is 0 Å². The highest BCUT2D eigenvalue weighted by Gasteiger charge is 1.94. The van der Waals surface area contributed by atoms with E-state index in [0.717, 1.165) is 0 Å². The molecule has 0 atom stereocenters. The molecule has 0 unspecified atom stereocenters. The van der Waals surface area contributed by atoms with Crippen molar-refractivity contribution < 1.29 is 22.0 Å². The number of pyridine rings is 1. The highest BCUT2D eigenvalue weighted by atomic mass is 79.9. The van der Waals surface area contributed by atoms with E-state index >= 15 is 0 Å². The second-order valence-corrected chi connectivity index (χ2v) is 3.93. The van der Waals surface area contributed by atoms with Crippen molar-refractivity contribution in [2.45, 2.75) is 51.9 Å². The molecule has 1 N–H and O–H groups in total. The lowest BCUT2D eigenvalue weighted by Crippen LogP contribution is -3.00. The molecule has 0 amide bonds. The van der Waals surface area contributed by atoms with E-state index in [2.05, 4.69) is 24.0 Å². The first kappa shape index (κ1) is 14.6. The summed E-state index contributed by atoms with van der Waals surface area (Å²) in [6.07, 6.45) is 13.5. The Morgan fingerprint density at radius 3 is 2.20 bits per heavy atom. The molecule has 0 aliphatic heterocycles. The predicted octanol–water partition coefficient (Wildman–Crippen LogP) is 0.408. The molecule has 0 saturated carbocycles. The lowest BCUT2D eigenvalue weighted by Gasteiger charge is -2.00. The van der Waals surface area contributed by atoms with Gasteiger partial charge in [-0.1, -0.05) is 39.0 Å². The van der Waals surface area contributed by atoms with Gasteiger partial charge in [0.15, 0.2) is 12.4 Å². The average Bonchev–Trinajstić information content (AvgIpc) is 2.25. The van der Waals surface area contributed by atoms with Crippen LogP contribution in [0, 0.1) is 0 Å². The number of unbranched alkanes of at least 4 members (excludes halogenated alkanes) is 5. The van der Waals surface area contributed by atoms with Crippen LogP contribution in [0.5, 0.6) is 0 Å². The van der Waals surface area contributed by atoms with E-state index < -0.39 is 0 Å². The van der Waals surface area contributed by atoms with E-state index in [0.29, 0.717) is 0 Å². The van der Waals surface area contributed by atoms with E-state index in [1.165, 1.54) is 50.5 Å². The van der Waals surface area contributed by atoms with Gasteiger partial charge in [0.1, 0.15) is 0 Å². The van der Waals surface area contributed by atoms with Crippen molar-refractivity contribution in [3.63, 3.8) is 0 Å². The van der Waals surface area contributed by atoms with Gasteiger partial charge < -0.3 is 17.0 Å².